The molecule has 0 spiro atoms. The summed E-state index contributed by atoms with van der Waals surface area (Å²) in [6, 6.07) is 12.2. The molecule has 3 aromatic rings. The molecule has 2 amide bonds. The summed E-state index contributed by atoms with van der Waals surface area (Å²) in [6.07, 6.45) is 0. The zero-order valence-corrected chi connectivity index (χ0v) is 14.0. The first kappa shape index (κ1) is 16.8. The minimum Gasteiger partial charge on any atom is -0.308 e. The van der Waals surface area contributed by atoms with Crippen molar-refractivity contribution in [3.8, 4) is 10.6 Å². The molecule has 0 saturated carbocycles. The van der Waals surface area contributed by atoms with E-state index >= 15 is 0 Å². The lowest BCUT2D eigenvalue weighted by molar-refractivity contribution is -0.384. The third-order valence-corrected chi connectivity index (χ3v) is 4.15. The number of non-ortho nitro benzene ring substituents is 1. The van der Waals surface area contributed by atoms with Gasteiger partial charge in [-0.2, -0.15) is 0 Å². The Morgan fingerprint density at radius 3 is 2.68 bits per heavy atom. The first-order valence-corrected chi connectivity index (χ1v) is 8.12. The van der Waals surface area contributed by atoms with E-state index in [1.165, 1.54) is 12.1 Å². The fraction of sp³-hybridized carbons (Fsp3) is 0. The molecule has 10 heteroatoms. The normalized spacial score (nSPS) is 10.3. The Balaban J connectivity index is 1.70. The summed E-state index contributed by atoms with van der Waals surface area (Å²) in [5.41, 5.74) is 1.05. The monoisotopic (exact) mass is 375 g/mol. The molecule has 0 fully saturated rings. The zero-order chi connectivity index (χ0) is 17.8. The van der Waals surface area contributed by atoms with Crippen LogP contribution in [-0.4, -0.2) is 21.2 Å². The molecular weight excluding hydrogens is 366 g/mol. The Hall–Kier alpha value is -3.04. The van der Waals surface area contributed by atoms with Gasteiger partial charge in [0.2, 0.25) is 5.13 Å². The molecule has 3 rings (SSSR count). The molecule has 2 N–H and O–H groups in total. The molecular formula is C15H10ClN5O3S. The lowest BCUT2D eigenvalue weighted by Gasteiger charge is -2.04. The van der Waals surface area contributed by atoms with Gasteiger partial charge in [0.1, 0.15) is 5.01 Å². The maximum absolute atomic E-state index is 12.0. The number of rotatable bonds is 4. The van der Waals surface area contributed by atoms with Crippen LogP contribution in [0.25, 0.3) is 10.6 Å². The van der Waals surface area contributed by atoms with Gasteiger partial charge in [-0.3, -0.25) is 15.4 Å². The van der Waals surface area contributed by atoms with E-state index in [1.807, 2.05) is 0 Å². The first-order chi connectivity index (χ1) is 12.0. The number of carbonyl (C=O) groups excluding carboxylic acids is 1. The van der Waals surface area contributed by atoms with Crippen molar-refractivity contribution in [3.63, 3.8) is 0 Å². The topological polar surface area (TPSA) is 110 Å². The molecule has 0 unspecified atom stereocenters. The van der Waals surface area contributed by atoms with E-state index < -0.39 is 11.0 Å². The highest BCUT2D eigenvalue weighted by molar-refractivity contribution is 7.18. The molecule has 1 heterocycles. The van der Waals surface area contributed by atoms with Gasteiger partial charge in [-0.1, -0.05) is 41.1 Å². The lowest BCUT2D eigenvalue weighted by atomic mass is 10.2. The maximum atomic E-state index is 12.0. The predicted octanol–water partition coefficient (Wildman–Crippen LogP) is 4.41. The molecule has 1 aromatic heterocycles. The van der Waals surface area contributed by atoms with Gasteiger partial charge in [0.25, 0.3) is 5.69 Å². The van der Waals surface area contributed by atoms with Crippen molar-refractivity contribution in [2.45, 2.75) is 0 Å². The second kappa shape index (κ2) is 7.24. The van der Waals surface area contributed by atoms with Gasteiger partial charge in [0, 0.05) is 28.4 Å². The van der Waals surface area contributed by atoms with Gasteiger partial charge in [0.05, 0.1) is 4.92 Å². The van der Waals surface area contributed by atoms with Crippen LogP contribution in [0.15, 0.2) is 48.5 Å². The molecule has 2 aromatic carbocycles. The van der Waals surface area contributed by atoms with E-state index in [9.17, 15) is 14.9 Å². The minimum absolute atomic E-state index is 0.0408. The highest BCUT2D eigenvalue weighted by atomic mass is 35.5. The number of nitrogens with one attached hydrogen (secondary N) is 2. The fourth-order valence-corrected chi connectivity index (χ4v) is 2.89. The summed E-state index contributed by atoms with van der Waals surface area (Å²) >= 11 is 6.96. The Morgan fingerprint density at radius 2 is 1.92 bits per heavy atom. The highest BCUT2D eigenvalue weighted by Gasteiger charge is 2.13. The maximum Gasteiger partial charge on any atom is 0.325 e. The molecule has 0 atom stereocenters. The van der Waals surface area contributed by atoms with Crippen molar-refractivity contribution < 1.29 is 9.72 Å². The molecule has 0 saturated heterocycles. The van der Waals surface area contributed by atoms with Crippen molar-refractivity contribution >= 4 is 45.5 Å². The lowest BCUT2D eigenvalue weighted by Crippen LogP contribution is -2.19. The molecule has 8 nitrogen and oxygen atoms in total. The molecule has 0 aliphatic carbocycles. The van der Waals surface area contributed by atoms with Crippen LogP contribution in [0.4, 0.5) is 21.3 Å². The average Bonchev–Trinajstić information content (AvgIpc) is 3.03. The van der Waals surface area contributed by atoms with Gasteiger partial charge in [-0.25, -0.2) is 4.79 Å². The molecule has 0 radical (unpaired) electrons. The first-order valence-electron chi connectivity index (χ1n) is 6.93. The van der Waals surface area contributed by atoms with E-state index in [0.29, 0.717) is 21.3 Å². The summed E-state index contributed by atoms with van der Waals surface area (Å²) in [5.74, 6) is 0. The largest absolute Gasteiger partial charge is 0.325 e. The summed E-state index contributed by atoms with van der Waals surface area (Å²) in [4.78, 5) is 22.3. The smallest absolute Gasteiger partial charge is 0.308 e. The number of urea groups is 1. The van der Waals surface area contributed by atoms with Gasteiger partial charge in [0.15, 0.2) is 0 Å². The second-order valence-corrected chi connectivity index (χ2v) is 6.22. The van der Waals surface area contributed by atoms with E-state index in [2.05, 4.69) is 20.8 Å². The Labute approximate surface area is 150 Å². The zero-order valence-electron chi connectivity index (χ0n) is 12.5. The van der Waals surface area contributed by atoms with Crippen molar-refractivity contribution in [3.05, 3.63) is 63.7 Å². The molecule has 126 valence electrons. The number of benzene rings is 2. The number of nitro benzene ring substituents is 1. The van der Waals surface area contributed by atoms with Crippen molar-refractivity contribution in [1.82, 2.24) is 10.2 Å². The van der Waals surface area contributed by atoms with Crippen LogP contribution in [0.5, 0.6) is 0 Å². The van der Waals surface area contributed by atoms with Crippen molar-refractivity contribution in [2.75, 3.05) is 10.6 Å². The summed E-state index contributed by atoms with van der Waals surface area (Å²) in [5, 5.41) is 25.0. The van der Waals surface area contributed by atoms with Gasteiger partial charge in [-0.05, 0) is 18.2 Å². The summed E-state index contributed by atoms with van der Waals surface area (Å²) < 4.78 is 0. The van der Waals surface area contributed by atoms with E-state index in [0.717, 1.165) is 11.3 Å². The number of nitro groups is 1. The number of nitrogens with zero attached hydrogens (tertiary/aromatic N) is 3. The van der Waals surface area contributed by atoms with E-state index in [1.54, 1.807) is 36.4 Å². The van der Waals surface area contributed by atoms with Crippen LogP contribution in [-0.2, 0) is 0 Å². The molecule has 0 bridgehead atoms. The summed E-state index contributed by atoms with van der Waals surface area (Å²) in [6.45, 7) is 0. The highest BCUT2D eigenvalue weighted by Crippen LogP contribution is 2.28. The van der Waals surface area contributed by atoms with Crippen molar-refractivity contribution in [1.29, 1.82) is 0 Å². The summed E-state index contributed by atoms with van der Waals surface area (Å²) in [7, 11) is 0. The van der Waals surface area contributed by atoms with Gasteiger partial charge < -0.3 is 5.32 Å². The molecule has 0 aliphatic heterocycles. The number of carbonyl (C=O) groups is 1. The Morgan fingerprint density at radius 1 is 1.12 bits per heavy atom. The van der Waals surface area contributed by atoms with Crippen molar-refractivity contribution in [2.24, 2.45) is 0 Å². The van der Waals surface area contributed by atoms with E-state index in [-0.39, 0.29) is 10.8 Å². The van der Waals surface area contributed by atoms with Crippen LogP contribution in [0.3, 0.4) is 0 Å². The number of hydrogen-bond acceptors (Lipinski definition) is 6. The van der Waals surface area contributed by atoms with E-state index in [4.69, 9.17) is 11.6 Å². The third kappa shape index (κ3) is 4.28. The molecule has 0 aliphatic rings. The van der Waals surface area contributed by atoms with Crippen LogP contribution in [0, 0.1) is 10.1 Å². The van der Waals surface area contributed by atoms with Crippen LogP contribution in [0.1, 0.15) is 0 Å². The standard InChI is InChI=1S/C15H10ClN5O3S/c16-10-4-2-5-11(8-10)17-14(22)18-15-20-19-13(25-15)9-3-1-6-12(7-9)21(23)24/h1-8H,(H2,17,18,20,22). The number of halogens is 1. The Kier molecular flexibility index (Phi) is 4.87. The number of aromatic nitrogens is 2. The number of anilines is 2. The predicted molar refractivity (Wildman–Crippen MR) is 96.1 cm³/mol. The average molecular weight is 376 g/mol. The van der Waals surface area contributed by atoms with Gasteiger partial charge in [-0.15, -0.1) is 10.2 Å². The van der Waals surface area contributed by atoms with Crippen LogP contribution < -0.4 is 10.6 Å². The quantitative estimate of drug-likeness (QED) is 0.518. The van der Waals surface area contributed by atoms with Gasteiger partial charge >= 0.3 is 6.03 Å². The third-order valence-electron chi connectivity index (χ3n) is 3.03. The SMILES string of the molecule is O=C(Nc1cccc(Cl)c1)Nc1nnc(-c2cccc([N+](=O)[O-])c2)s1. The molecule has 25 heavy (non-hydrogen) atoms. The van der Waals surface area contributed by atoms with Crippen LogP contribution >= 0.6 is 22.9 Å². The minimum atomic E-state index is -0.496. The second-order valence-electron chi connectivity index (χ2n) is 4.81. The fourth-order valence-electron chi connectivity index (χ4n) is 1.97. The number of amides is 2. The number of hydrogen-bond donors (Lipinski definition) is 2. The Bertz CT molecular complexity index is 946. The van der Waals surface area contributed by atoms with Crippen LogP contribution in [0.2, 0.25) is 5.02 Å².